The van der Waals surface area contributed by atoms with Crippen molar-refractivity contribution in [2.24, 2.45) is 0 Å². The average Bonchev–Trinajstić information content (AvgIpc) is 2.62. The van der Waals surface area contributed by atoms with Crippen molar-refractivity contribution in [3.8, 4) is 0 Å². The molecule has 2 aromatic carbocycles. The predicted molar refractivity (Wildman–Crippen MR) is 105 cm³/mol. The summed E-state index contributed by atoms with van der Waals surface area (Å²) in [4.78, 5) is 14.8. The summed E-state index contributed by atoms with van der Waals surface area (Å²) in [5.41, 5.74) is 3.48. The van der Waals surface area contributed by atoms with E-state index >= 15 is 0 Å². The molecule has 1 aliphatic heterocycles. The fraction of sp³-hybridized carbons (Fsp3) is 0.409. The van der Waals surface area contributed by atoms with Gasteiger partial charge in [0.15, 0.2) is 0 Å². The zero-order valence-electron chi connectivity index (χ0n) is 15.8. The highest BCUT2D eigenvalue weighted by Gasteiger charge is 2.28. The molecule has 0 unspecified atom stereocenters. The Morgan fingerprint density at radius 2 is 1.69 bits per heavy atom. The van der Waals surface area contributed by atoms with E-state index in [1.807, 2.05) is 49.9 Å². The second kappa shape index (κ2) is 8.37. The van der Waals surface area contributed by atoms with E-state index in [1.165, 1.54) is 11.1 Å². The van der Waals surface area contributed by atoms with E-state index < -0.39 is 0 Å². The van der Waals surface area contributed by atoms with E-state index in [4.69, 9.17) is 4.74 Å². The number of benzene rings is 2. The maximum absolute atomic E-state index is 12.9. The lowest BCUT2D eigenvalue weighted by Crippen LogP contribution is -2.52. The summed E-state index contributed by atoms with van der Waals surface area (Å²) in [5.74, 6) is 0.126. The number of nitrogens with zero attached hydrogens (tertiary/aromatic N) is 1. The van der Waals surface area contributed by atoms with E-state index in [1.54, 1.807) is 0 Å². The Morgan fingerprint density at radius 3 is 2.38 bits per heavy atom. The molecule has 1 saturated heterocycles. The number of morpholine rings is 1. The van der Waals surface area contributed by atoms with Gasteiger partial charge in [-0.25, -0.2) is 0 Å². The van der Waals surface area contributed by atoms with Crippen molar-refractivity contribution in [1.82, 2.24) is 4.90 Å². The van der Waals surface area contributed by atoms with Gasteiger partial charge in [-0.3, -0.25) is 4.79 Å². The van der Waals surface area contributed by atoms with Crippen molar-refractivity contribution in [3.63, 3.8) is 0 Å². The van der Waals surface area contributed by atoms with Gasteiger partial charge in [0.25, 0.3) is 0 Å². The standard InChI is InChI=1S/C22H28N2O2/c1-16-14-24(15-17(2)26-16)22(25)18(3)23-21-12-8-7-11-20(21)13-19-9-5-4-6-10-19/h4-12,16-18,23H,13-15H2,1-3H3/t16-,17-,18-/m1/s1. The van der Waals surface area contributed by atoms with Gasteiger partial charge in [-0.1, -0.05) is 48.5 Å². The minimum absolute atomic E-state index is 0.0836. The normalized spacial score (nSPS) is 21.3. The van der Waals surface area contributed by atoms with Gasteiger partial charge in [0.2, 0.25) is 5.91 Å². The second-order valence-electron chi connectivity index (χ2n) is 7.19. The number of anilines is 1. The molecule has 4 heteroatoms. The molecule has 0 aliphatic carbocycles. The first-order valence-electron chi connectivity index (χ1n) is 9.35. The number of nitrogens with one attached hydrogen (secondary N) is 1. The quantitative estimate of drug-likeness (QED) is 0.892. The van der Waals surface area contributed by atoms with Crippen molar-refractivity contribution in [3.05, 3.63) is 65.7 Å². The van der Waals surface area contributed by atoms with Crippen molar-refractivity contribution in [2.75, 3.05) is 18.4 Å². The summed E-state index contributed by atoms with van der Waals surface area (Å²) in [6.07, 6.45) is 1.01. The van der Waals surface area contributed by atoms with Crippen LogP contribution in [0.1, 0.15) is 31.9 Å². The van der Waals surface area contributed by atoms with E-state index in [2.05, 4.69) is 35.6 Å². The highest BCUT2D eigenvalue weighted by molar-refractivity contribution is 5.84. The number of ether oxygens (including phenoxy) is 1. The van der Waals surface area contributed by atoms with Crippen molar-refractivity contribution in [2.45, 2.75) is 45.4 Å². The van der Waals surface area contributed by atoms with Crippen LogP contribution < -0.4 is 5.32 Å². The number of hydrogen-bond donors (Lipinski definition) is 1. The smallest absolute Gasteiger partial charge is 0.244 e. The lowest BCUT2D eigenvalue weighted by atomic mass is 10.0. The van der Waals surface area contributed by atoms with Gasteiger partial charge < -0.3 is 15.0 Å². The molecule has 138 valence electrons. The first-order valence-corrected chi connectivity index (χ1v) is 9.35. The third-order valence-electron chi connectivity index (χ3n) is 4.73. The van der Waals surface area contributed by atoms with E-state index in [-0.39, 0.29) is 24.2 Å². The zero-order valence-corrected chi connectivity index (χ0v) is 15.8. The fourth-order valence-corrected chi connectivity index (χ4v) is 3.56. The largest absolute Gasteiger partial charge is 0.374 e. The van der Waals surface area contributed by atoms with Gasteiger partial charge in [0, 0.05) is 18.8 Å². The molecule has 1 fully saturated rings. The zero-order chi connectivity index (χ0) is 18.5. The van der Waals surface area contributed by atoms with Crippen molar-refractivity contribution in [1.29, 1.82) is 0 Å². The Kier molecular flexibility index (Phi) is 5.94. The molecule has 2 aromatic rings. The monoisotopic (exact) mass is 352 g/mol. The average molecular weight is 352 g/mol. The molecule has 0 radical (unpaired) electrons. The Hall–Kier alpha value is -2.33. The molecule has 1 N–H and O–H groups in total. The van der Waals surface area contributed by atoms with Crippen LogP contribution in [-0.4, -0.2) is 42.1 Å². The van der Waals surface area contributed by atoms with Crippen LogP contribution in [0.2, 0.25) is 0 Å². The van der Waals surface area contributed by atoms with Crippen LogP contribution in [0.4, 0.5) is 5.69 Å². The van der Waals surface area contributed by atoms with Crippen LogP contribution in [-0.2, 0) is 16.0 Å². The maximum Gasteiger partial charge on any atom is 0.244 e. The summed E-state index contributed by atoms with van der Waals surface area (Å²) in [7, 11) is 0. The van der Waals surface area contributed by atoms with Crippen LogP contribution in [0.15, 0.2) is 54.6 Å². The molecule has 1 amide bonds. The highest BCUT2D eigenvalue weighted by atomic mass is 16.5. The van der Waals surface area contributed by atoms with E-state index in [0.29, 0.717) is 13.1 Å². The van der Waals surface area contributed by atoms with Crippen LogP contribution in [0, 0.1) is 0 Å². The molecular formula is C22H28N2O2. The van der Waals surface area contributed by atoms with E-state index in [0.717, 1.165) is 12.1 Å². The lowest BCUT2D eigenvalue weighted by molar-refractivity contribution is -0.143. The fourth-order valence-electron chi connectivity index (χ4n) is 3.56. The van der Waals surface area contributed by atoms with Crippen molar-refractivity contribution >= 4 is 11.6 Å². The maximum atomic E-state index is 12.9. The molecule has 1 heterocycles. The number of rotatable bonds is 5. The van der Waals surface area contributed by atoms with Crippen LogP contribution in [0.25, 0.3) is 0 Å². The highest BCUT2D eigenvalue weighted by Crippen LogP contribution is 2.21. The molecule has 26 heavy (non-hydrogen) atoms. The third-order valence-corrected chi connectivity index (χ3v) is 4.73. The van der Waals surface area contributed by atoms with Gasteiger partial charge >= 0.3 is 0 Å². The number of amides is 1. The summed E-state index contributed by atoms with van der Waals surface area (Å²) >= 11 is 0. The van der Waals surface area contributed by atoms with Crippen LogP contribution in [0.5, 0.6) is 0 Å². The summed E-state index contributed by atoms with van der Waals surface area (Å²) in [6, 6.07) is 18.3. The second-order valence-corrected chi connectivity index (χ2v) is 7.19. The Labute approximate surface area is 156 Å². The summed E-state index contributed by atoms with van der Waals surface area (Å²) in [6.45, 7) is 7.28. The number of para-hydroxylation sites is 1. The van der Waals surface area contributed by atoms with Gasteiger partial charge in [0.1, 0.15) is 6.04 Å². The predicted octanol–water partition coefficient (Wildman–Crippen LogP) is 3.71. The van der Waals surface area contributed by atoms with Crippen molar-refractivity contribution < 1.29 is 9.53 Å². The van der Waals surface area contributed by atoms with Gasteiger partial charge in [-0.2, -0.15) is 0 Å². The molecule has 0 aromatic heterocycles. The number of hydrogen-bond acceptors (Lipinski definition) is 3. The Morgan fingerprint density at radius 1 is 1.08 bits per heavy atom. The molecule has 0 saturated carbocycles. The first kappa shape index (κ1) is 18.5. The number of carbonyl (C=O) groups excluding carboxylic acids is 1. The Bertz CT molecular complexity index is 722. The molecule has 3 rings (SSSR count). The van der Waals surface area contributed by atoms with Crippen LogP contribution in [0.3, 0.4) is 0 Å². The van der Waals surface area contributed by atoms with Gasteiger partial charge in [-0.05, 0) is 44.4 Å². The first-order chi connectivity index (χ1) is 12.5. The molecule has 4 nitrogen and oxygen atoms in total. The third kappa shape index (κ3) is 4.64. The lowest BCUT2D eigenvalue weighted by Gasteiger charge is -2.37. The van der Waals surface area contributed by atoms with Crippen LogP contribution >= 0.6 is 0 Å². The Balaban J connectivity index is 1.69. The minimum atomic E-state index is -0.274. The number of carbonyl (C=O) groups is 1. The van der Waals surface area contributed by atoms with Gasteiger partial charge in [-0.15, -0.1) is 0 Å². The summed E-state index contributed by atoms with van der Waals surface area (Å²) < 4.78 is 5.74. The molecule has 0 spiro atoms. The molecule has 0 bridgehead atoms. The minimum Gasteiger partial charge on any atom is -0.374 e. The van der Waals surface area contributed by atoms with Gasteiger partial charge in [0.05, 0.1) is 12.2 Å². The SMILES string of the molecule is C[C@@H]1CN(C(=O)[C@@H](C)Nc2ccccc2Cc2ccccc2)C[C@@H](C)O1. The molecular weight excluding hydrogens is 324 g/mol. The molecule has 1 aliphatic rings. The topological polar surface area (TPSA) is 41.6 Å². The van der Waals surface area contributed by atoms with E-state index in [9.17, 15) is 4.79 Å². The molecule has 3 atom stereocenters. The summed E-state index contributed by atoms with van der Waals surface area (Å²) in [5, 5.41) is 3.43.